The van der Waals surface area contributed by atoms with Gasteiger partial charge in [0.2, 0.25) is 5.89 Å². The summed E-state index contributed by atoms with van der Waals surface area (Å²) < 4.78 is 32.7. The van der Waals surface area contributed by atoms with E-state index in [4.69, 9.17) is 4.42 Å². The first-order chi connectivity index (χ1) is 10.0. The van der Waals surface area contributed by atoms with Crippen LogP contribution in [0.15, 0.2) is 38.1 Å². The van der Waals surface area contributed by atoms with Crippen LogP contribution < -0.4 is 10.0 Å². The molecule has 0 amide bonds. The van der Waals surface area contributed by atoms with Crippen LogP contribution in [-0.4, -0.2) is 25.2 Å². The molecule has 1 saturated heterocycles. The molecule has 2 N–H and O–H groups in total. The lowest BCUT2D eigenvalue weighted by Crippen LogP contribution is -2.13. The van der Waals surface area contributed by atoms with Crippen LogP contribution in [0.2, 0.25) is 0 Å². The SMILES string of the molecule is O=S(=O)(Nc1nnc(C2CCCN2)o1)c1cccc(Br)c1. The van der Waals surface area contributed by atoms with Gasteiger partial charge in [-0.3, -0.25) is 0 Å². The van der Waals surface area contributed by atoms with Gasteiger partial charge in [0.15, 0.2) is 0 Å². The van der Waals surface area contributed by atoms with Crippen molar-refractivity contribution in [1.82, 2.24) is 15.5 Å². The molecule has 0 radical (unpaired) electrons. The molecule has 1 aliphatic heterocycles. The number of anilines is 1. The molecule has 0 saturated carbocycles. The van der Waals surface area contributed by atoms with E-state index in [2.05, 4.69) is 36.2 Å². The van der Waals surface area contributed by atoms with Gasteiger partial charge in [0, 0.05) is 4.47 Å². The molecule has 2 aromatic rings. The average Bonchev–Trinajstić information content (AvgIpc) is 3.08. The molecule has 3 rings (SSSR count). The number of nitrogens with one attached hydrogen (secondary N) is 2. The summed E-state index contributed by atoms with van der Waals surface area (Å²) in [5.74, 6) is 0.402. The summed E-state index contributed by atoms with van der Waals surface area (Å²) in [7, 11) is -3.74. The van der Waals surface area contributed by atoms with E-state index in [1.165, 1.54) is 12.1 Å². The summed E-state index contributed by atoms with van der Waals surface area (Å²) in [6.07, 6.45) is 1.94. The molecule has 21 heavy (non-hydrogen) atoms. The molecular formula is C12H13BrN4O3S. The number of nitrogens with zero attached hydrogens (tertiary/aromatic N) is 2. The van der Waals surface area contributed by atoms with E-state index in [9.17, 15) is 8.42 Å². The number of benzene rings is 1. The summed E-state index contributed by atoms with van der Waals surface area (Å²) in [6.45, 7) is 0.895. The predicted molar refractivity (Wildman–Crippen MR) is 79.2 cm³/mol. The highest BCUT2D eigenvalue weighted by Gasteiger charge is 2.24. The first kappa shape index (κ1) is 14.5. The Bertz CT molecular complexity index is 740. The highest BCUT2D eigenvalue weighted by atomic mass is 79.9. The minimum Gasteiger partial charge on any atom is -0.406 e. The van der Waals surface area contributed by atoms with E-state index in [1.807, 2.05) is 0 Å². The molecule has 1 aliphatic rings. The Kier molecular flexibility index (Phi) is 3.96. The molecule has 2 heterocycles. The molecule has 0 aliphatic carbocycles. The quantitative estimate of drug-likeness (QED) is 0.852. The minimum atomic E-state index is -3.74. The maximum Gasteiger partial charge on any atom is 0.329 e. The van der Waals surface area contributed by atoms with Crippen molar-refractivity contribution in [3.05, 3.63) is 34.6 Å². The zero-order valence-electron chi connectivity index (χ0n) is 10.9. The lowest BCUT2D eigenvalue weighted by atomic mass is 10.2. The van der Waals surface area contributed by atoms with Crippen molar-refractivity contribution in [1.29, 1.82) is 0 Å². The number of aromatic nitrogens is 2. The maximum atomic E-state index is 12.2. The fraction of sp³-hybridized carbons (Fsp3) is 0.333. The van der Waals surface area contributed by atoms with Crippen LogP contribution in [-0.2, 0) is 10.0 Å². The molecule has 9 heteroatoms. The Morgan fingerprint density at radius 2 is 2.24 bits per heavy atom. The molecular weight excluding hydrogens is 360 g/mol. The Hall–Kier alpha value is -1.45. The highest BCUT2D eigenvalue weighted by molar-refractivity contribution is 9.10. The fourth-order valence-electron chi connectivity index (χ4n) is 2.12. The number of rotatable bonds is 4. The van der Waals surface area contributed by atoms with Crippen molar-refractivity contribution in [3.63, 3.8) is 0 Å². The molecule has 1 fully saturated rings. The van der Waals surface area contributed by atoms with Crippen molar-refractivity contribution in [2.24, 2.45) is 0 Å². The van der Waals surface area contributed by atoms with Gasteiger partial charge in [-0.25, -0.2) is 13.1 Å². The number of sulfonamides is 1. The first-order valence-electron chi connectivity index (χ1n) is 6.40. The van der Waals surface area contributed by atoms with Crippen LogP contribution in [0.3, 0.4) is 0 Å². The van der Waals surface area contributed by atoms with Crippen LogP contribution >= 0.6 is 15.9 Å². The summed E-state index contributed by atoms with van der Waals surface area (Å²) in [5, 5.41) is 10.8. The second-order valence-electron chi connectivity index (χ2n) is 4.66. The third-order valence-corrected chi connectivity index (χ3v) is 4.94. The van der Waals surface area contributed by atoms with Gasteiger partial charge in [0.1, 0.15) is 0 Å². The van der Waals surface area contributed by atoms with E-state index < -0.39 is 10.0 Å². The van der Waals surface area contributed by atoms with Gasteiger partial charge in [-0.2, -0.15) is 0 Å². The van der Waals surface area contributed by atoms with E-state index >= 15 is 0 Å². The van der Waals surface area contributed by atoms with Crippen molar-refractivity contribution < 1.29 is 12.8 Å². The van der Waals surface area contributed by atoms with E-state index in [-0.39, 0.29) is 17.0 Å². The first-order valence-corrected chi connectivity index (χ1v) is 8.67. The molecule has 0 bridgehead atoms. The monoisotopic (exact) mass is 372 g/mol. The Labute approximate surface area is 130 Å². The normalized spacial score (nSPS) is 18.8. The average molecular weight is 373 g/mol. The lowest BCUT2D eigenvalue weighted by molar-refractivity contribution is 0.439. The smallest absolute Gasteiger partial charge is 0.329 e. The van der Waals surface area contributed by atoms with Crippen molar-refractivity contribution in [3.8, 4) is 0 Å². The van der Waals surface area contributed by atoms with Crippen molar-refractivity contribution >= 4 is 32.0 Å². The molecule has 112 valence electrons. The third-order valence-electron chi connectivity index (χ3n) is 3.13. The zero-order chi connectivity index (χ0) is 14.9. The fourth-order valence-corrected chi connectivity index (χ4v) is 3.64. The molecule has 1 aromatic carbocycles. The molecule has 1 unspecified atom stereocenters. The lowest BCUT2D eigenvalue weighted by Gasteiger charge is -2.05. The summed E-state index contributed by atoms with van der Waals surface area (Å²) in [6, 6.07) is 6.25. The minimum absolute atomic E-state index is 0.00150. The number of hydrogen-bond acceptors (Lipinski definition) is 6. The maximum absolute atomic E-state index is 12.2. The largest absolute Gasteiger partial charge is 0.406 e. The Morgan fingerprint density at radius 1 is 1.38 bits per heavy atom. The number of hydrogen-bond donors (Lipinski definition) is 2. The third kappa shape index (κ3) is 3.25. The summed E-state index contributed by atoms with van der Waals surface area (Å²) >= 11 is 3.24. The van der Waals surface area contributed by atoms with Gasteiger partial charge in [-0.15, -0.1) is 5.10 Å². The van der Waals surface area contributed by atoms with Crippen molar-refractivity contribution in [2.45, 2.75) is 23.8 Å². The Balaban J connectivity index is 1.79. The van der Waals surface area contributed by atoms with Gasteiger partial charge in [-0.1, -0.05) is 27.1 Å². The van der Waals surface area contributed by atoms with Crippen LogP contribution in [0.25, 0.3) is 0 Å². The highest BCUT2D eigenvalue weighted by Crippen LogP contribution is 2.24. The van der Waals surface area contributed by atoms with E-state index in [0.29, 0.717) is 10.4 Å². The topological polar surface area (TPSA) is 97.1 Å². The molecule has 1 atom stereocenters. The molecule has 0 spiro atoms. The summed E-state index contributed by atoms with van der Waals surface area (Å²) in [4.78, 5) is 0.121. The second kappa shape index (κ2) is 5.74. The van der Waals surface area contributed by atoms with Gasteiger partial charge in [0.05, 0.1) is 10.9 Å². The molecule has 1 aromatic heterocycles. The standard InChI is InChI=1S/C12H13BrN4O3S/c13-8-3-1-4-9(7-8)21(18,19)17-12-16-15-11(20-12)10-5-2-6-14-10/h1,3-4,7,10,14H,2,5-6H2,(H,16,17). The van der Waals surface area contributed by atoms with Gasteiger partial charge < -0.3 is 9.73 Å². The van der Waals surface area contributed by atoms with E-state index in [0.717, 1.165) is 19.4 Å². The van der Waals surface area contributed by atoms with Crippen LogP contribution in [0, 0.1) is 0 Å². The zero-order valence-corrected chi connectivity index (χ0v) is 13.3. The second-order valence-corrected chi connectivity index (χ2v) is 7.26. The van der Waals surface area contributed by atoms with Crippen LogP contribution in [0.1, 0.15) is 24.8 Å². The number of halogens is 1. The van der Waals surface area contributed by atoms with Gasteiger partial charge >= 0.3 is 6.01 Å². The van der Waals surface area contributed by atoms with Gasteiger partial charge in [-0.05, 0) is 37.6 Å². The predicted octanol–water partition coefficient (Wildman–Crippen LogP) is 2.06. The van der Waals surface area contributed by atoms with Gasteiger partial charge in [0.25, 0.3) is 10.0 Å². The van der Waals surface area contributed by atoms with Crippen LogP contribution in [0.5, 0.6) is 0 Å². The van der Waals surface area contributed by atoms with Crippen LogP contribution in [0.4, 0.5) is 6.01 Å². The van der Waals surface area contributed by atoms with E-state index in [1.54, 1.807) is 12.1 Å². The summed E-state index contributed by atoms with van der Waals surface area (Å²) in [5.41, 5.74) is 0. The molecule has 7 nitrogen and oxygen atoms in total. The Morgan fingerprint density at radius 3 is 2.95 bits per heavy atom. The van der Waals surface area contributed by atoms with Crippen molar-refractivity contribution in [2.75, 3.05) is 11.3 Å².